The Hall–Kier alpha value is -0.570. The zero-order chi connectivity index (χ0) is 12.3. The number of rotatable bonds is 8. The Balaban J connectivity index is 1.93. The van der Waals surface area contributed by atoms with E-state index in [2.05, 4.69) is 17.6 Å². The molecule has 0 radical (unpaired) electrons. The van der Waals surface area contributed by atoms with Crippen molar-refractivity contribution in [3.8, 4) is 0 Å². The van der Waals surface area contributed by atoms with E-state index in [1.54, 1.807) is 0 Å². The van der Waals surface area contributed by atoms with Crippen LogP contribution in [0, 0.1) is 5.92 Å². The molecule has 1 heterocycles. The molecule has 0 unspecified atom stereocenters. The van der Waals surface area contributed by atoms with Gasteiger partial charge in [-0.25, -0.2) is 0 Å². The van der Waals surface area contributed by atoms with Crippen molar-refractivity contribution in [2.24, 2.45) is 5.92 Å². The van der Waals surface area contributed by atoms with Crippen molar-refractivity contribution < 1.29 is 4.79 Å². The van der Waals surface area contributed by atoms with Crippen LogP contribution < -0.4 is 10.6 Å². The van der Waals surface area contributed by atoms with Gasteiger partial charge in [-0.2, -0.15) is 0 Å². The zero-order valence-corrected chi connectivity index (χ0v) is 11.3. The normalized spacial score (nSPS) is 17.0. The first-order chi connectivity index (χ1) is 8.33. The van der Waals surface area contributed by atoms with E-state index in [0.29, 0.717) is 0 Å². The van der Waals surface area contributed by atoms with Gasteiger partial charge >= 0.3 is 0 Å². The third-order valence-electron chi connectivity index (χ3n) is 3.59. The van der Waals surface area contributed by atoms with Gasteiger partial charge in [0.2, 0.25) is 5.91 Å². The molecule has 2 N–H and O–H groups in total. The summed E-state index contributed by atoms with van der Waals surface area (Å²) in [6.07, 6.45) is 9.18. The molecule has 100 valence electrons. The number of carbonyl (C=O) groups excluding carboxylic acids is 1. The van der Waals surface area contributed by atoms with E-state index in [0.717, 1.165) is 44.8 Å². The molecule has 1 aliphatic rings. The Morgan fingerprint density at radius 1 is 1.24 bits per heavy atom. The van der Waals surface area contributed by atoms with Crippen LogP contribution in [0.5, 0.6) is 0 Å². The van der Waals surface area contributed by atoms with Crippen molar-refractivity contribution in [3.63, 3.8) is 0 Å². The van der Waals surface area contributed by atoms with Crippen LogP contribution in [0.4, 0.5) is 0 Å². The van der Waals surface area contributed by atoms with Gasteiger partial charge in [-0.05, 0) is 44.7 Å². The van der Waals surface area contributed by atoms with Crippen LogP contribution in [0.15, 0.2) is 0 Å². The Morgan fingerprint density at radius 3 is 2.71 bits per heavy atom. The summed E-state index contributed by atoms with van der Waals surface area (Å²) in [5, 5.41) is 6.38. The van der Waals surface area contributed by atoms with Crippen molar-refractivity contribution in [1.29, 1.82) is 0 Å². The number of amides is 1. The third-order valence-corrected chi connectivity index (χ3v) is 3.59. The Labute approximate surface area is 106 Å². The minimum absolute atomic E-state index is 0.250. The highest BCUT2D eigenvalue weighted by atomic mass is 16.1. The van der Waals surface area contributed by atoms with Crippen LogP contribution in [0.25, 0.3) is 0 Å². The van der Waals surface area contributed by atoms with E-state index in [1.807, 2.05) is 0 Å². The average Bonchev–Trinajstić information content (AvgIpc) is 2.37. The predicted octanol–water partition coefficient (Wildman–Crippen LogP) is 2.46. The summed E-state index contributed by atoms with van der Waals surface area (Å²) in [6, 6.07) is 0. The van der Waals surface area contributed by atoms with Gasteiger partial charge in [0.05, 0.1) is 0 Å². The smallest absolute Gasteiger partial charge is 0.220 e. The fourth-order valence-corrected chi connectivity index (χ4v) is 2.37. The van der Waals surface area contributed by atoms with Crippen LogP contribution >= 0.6 is 0 Å². The lowest BCUT2D eigenvalue weighted by Gasteiger charge is -2.22. The zero-order valence-electron chi connectivity index (χ0n) is 11.3. The minimum atomic E-state index is 0.250. The summed E-state index contributed by atoms with van der Waals surface area (Å²) in [5.41, 5.74) is 0. The maximum Gasteiger partial charge on any atom is 0.220 e. The van der Waals surface area contributed by atoms with Gasteiger partial charge < -0.3 is 10.6 Å². The fourth-order valence-electron chi connectivity index (χ4n) is 2.37. The molecule has 3 nitrogen and oxygen atoms in total. The third kappa shape index (κ3) is 7.37. The van der Waals surface area contributed by atoms with E-state index in [1.165, 1.54) is 32.1 Å². The first-order valence-corrected chi connectivity index (χ1v) is 7.30. The first kappa shape index (κ1) is 14.5. The number of nitrogens with one attached hydrogen (secondary N) is 2. The lowest BCUT2D eigenvalue weighted by molar-refractivity contribution is -0.121. The molecule has 1 fully saturated rings. The average molecular weight is 240 g/mol. The summed E-state index contributed by atoms with van der Waals surface area (Å²) < 4.78 is 0. The minimum Gasteiger partial charge on any atom is -0.356 e. The van der Waals surface area contributed by atoms with Crippen molar-refractivity contribution in [2.45, 2.75) is 58.3 Å². The molecule has 1 aliphatic heterocycles. The molecule has 0 aromatic carbocycles. The van der Waals surface area contributed by atoms with Crippen molar-refractivity contribution in [3.05, 3.63) is 0 Å². The van der Waals surface area contributed by atoms with Crippen LogP contribution in [0.3, 0.4) is 0 Å². The molecule has 1 amide bonds. The highest BCUT2D eigenvalue weighted by molar-refractivity contribution is 5.75. The van der Waals surface area contributed by atoms with Crippen LogP contribution in [0.1, 0.15) is 58.3 Å². The highest BCUT2D eigenvalue weighted by Crippen LogP contribution is 2.17. The van der Waals surface area contributed by atoms with Gasteiger partial charge in [0, 0.05) is 13.0 Å². The molecule has 1 rings (SSSR count). The van der Waals surface area contributed by atoms with E-state index in [9.17, 15) is 4.79 Å². The first-order valence-electron chi connectivity index (χ1n) is 7.30. The highest BCUT2D eigenvalue weighted by Gasteiger charge is 2.13. The second-order valence-electron chi connectivity index (χ2n) is 5.14. The van der Waals surface area contributed by atoms with Gasteiger partial charge in [0.25, 0.3) is 0 Å². The molecule has 1 saturated heterocycles. The molecular weight excluding hydrogens is 212 g/mol. The number of hydrogen-bond donors (Lipinski definition) is 2. The molecule has 0 atom stereocenters. The van der Waals surface area contributed by atoms with Crippen molar-refractivity contribution >= 4 is 5.91 Å². The maximum absolute atomic E-state index is 11.6. The molecule has 0 saturated carbocycles. The molecule has 3 heteroatoms. The molecule has 0 aromatic heterocycles. The lowest BCUT2D eigenvalue weighted by atomic mass is 9.93. The fraction of sp³-hybridized carbons (Fsp3) is 0.929. The summed E-state index contributed by atoms with van der Waals surface area (Å²) in [4.78, 5) is 11.6. The summed E-state index contributed by atoms with van der Waals surface area (Å²) in [7, 11) is 0. The number of piperidine rings is 1. The predicted molar refractivity (Wildman–Crippen MR) is 72.0 cm³/mol. The van der Waals surface area contributed by atoms with Gasteiger partial charge in [-0.15, -0.1) is 0 Å². The van der Waals surface area contributed by atoms with E-state index < -0.39 is 0 Å². The monoisotopic (exact) mass is 240 g/mol. The van der Waals surface area contributed by atoms with Crippen LogP contribution in [-0.4, -0.2) is 25.5 Å². The lowest BCUT2D eigenvalue weighted by Crippen LogP contribution is -2.29. The quantitative estimate of drug-likeness (QED) is 0.640. The maximum atomic E-state index is 11.6. The van der Waals surface area contributed by atoms with Gasteiger partial charge in [0.15, 0.2) is 0 Å². The second-order valence-corrected chi connectivity index (χ2v) is 5.14. The molecule has 17 heavy (non-hydrogen) atoms. The topological polar surface area (TPSA) is 41.1 Å². The summed E-state index contributed by atoms with van der Waals surface area (Å²) in [6.45, 7) is 5.33. The standard InChI is InChI=1S/C14H28N2O/c1-2-3-4-5-10-16-14(17)7-6-13-8-11-15-12-9-13/h13,15H,2-12H2,1H3,(H,16,17). The number of carbonyl (C=O) groups is 1. The van der Waals surface area contributed by atoms with Crippen LogP contribution in [-0.2, 0) is 4.79 Å². The van der Waals surface area contributed by atoms with Gasteiger partial charge in [-0.1, -0.05) is 26.2 Å². The number of hydrogen-bond acceptors (Lipinski definition) is 2. The molecule has 0 aromatic rings. The number of unbranched alkanes of at least 4 members (excludes halogenated alkanes) is 3. The summed E-state index contributed by atoms with van der Waals surface area (Å²) >= 11 is 0. The second kappa shape index (κ2) is 9.46. The Kier molecular flexibility index (Phi) is 8.06. The van der Waals surface area contributed by atoms with E-state index in [-0.39, 0.29) is 5.91 Å². The van der Waals surface area contributed by atoms with Gasteiger partial charge in [-0.3, -0.25) is 4.79 Å². The molecule has 0 spiro atoms. The SMILES string of the molecule is CCCCCCNC(=O)CCC1CCNCC1. The Morgan fingerprint density at radius 2 is 2.00 bits per heavy atom. The largest absolute Gasteiger partial charge is 0.356 e. The summed E-state index contributed by atoms with van der Waals surface area (Å²) in [5.74, 6) is 1.02. The molecule has 0 aliphatic carbocycles. The molecular formula is C14H28N2O. The van der Waals surface area contributed by atoms with Crippen molar-refractivity contribution in [2.75, 3.05) is 19.6 Å². The van der Waals surface area contributed by atoms with Gasteiger partial charge in [0.1, 0.15) is 0 Å². The van der Waals surface area contributed by atoms with Crippen molar-refractivity contribution in [1.82, 2.24) is 10.6 Å². The van der Waals surface area contributed by atoms with E-state index in [4.69, 9.17) is 0 Å². The Bertz CT molecular complexity index is 200. The van der Waals surface area contributed by atoms with Crippen LogP contribution in [0.2, 0.25) is 0 Å². The molecule has 0 bridgehead atoms. The van der Waals surface area contributed by atoms with E-state index >= 15 is 0 Å².